The molecule has 2 aromatic carbocycles. The summed E-state index contributed by atoms with van der Waals surface area (Å²) in [4.78, 5) is 0.161. The fraction of sp³-hybridized carbons (Fsp3) is 0.0769. The first-order chi connectivity index (χ1) is 10.1. The van der Waals surface area contributed by atoms with Gasteiger partial charge in [0.05, 0.1) is 14.7 Å². The average molecular weight is 533 g/mol. The monoisotopic (exact) mass is 530 g/mol. The summed E-state index contributed by atoms with van der Waals surface area (Å²) in [6.07, 6.45) is 0. The summed E-state index contributed by atoms with van der Waals surface area (Å²) in [6, 6.07) is 13.0. The molecular formula is C13H9Br3O4S2. The minimum absolute atomic E-state index is 0.0230. The summed E-state index contributed by atoms with van der Waals surface area (Å²) in [7, 11) is -7.41. The van der Waals surface area contributed by atoms with Crippen molar-refractivity contribution in [2.24, 2.45) is 0 Å². The van der Waals surface area contributed by atoms with Crippen LogP contribution in [0.2, 0.25) is 0 Å². The number of hydrogen-bond acceptors (Lipinski definition) is 4. The van der Waals surface area contributed by atoms with E-state index in [1.165, 1.54) is 36.4 Å². The zero-order chi connectivity index (χ0) is 16.6. The van der Waals surface area contributed by atoms with Crippen molar-refractivity contribution in [2.75, 3.05) is 0 Å². The molecular weight excluding hydrogens is 524 g/mol. The van der Waals surface area contributed by atoms with E-state index in [1.807, 2.05) is 0 Å². The fourth-order valence-corrected chi connectivity index (χ4v) is 5.39. The number of sulfone groups is 2. The van der Waals surface area contributed by atoms with Crippen LogP contribution in [0, 0.1) is 0 Å². The van der Waals surface area contributed by atoms with Crippen LogP contribution in [0.5, 0.6) is 0 Å². The van der Waals surface area contributed by atoms with E-state index in [2.05, 4.69) is 47.8 Å². The molecule has 0 radical (unpaired) electrons. The first kappa shape index (κ1) is 18.1. The van der Waals surface area contributed by atoms with Crippen LogP contribution in [0.4, 0.5) is 0 Å². The van der Waals surface area contributed by atoms with Crippen molar-refractivity contribution >= 4 is 67.5 Å². The first-order valence-electron chi connectivity index (χ1n) is 5.78. The van der Waals surface area contributed by atoms with Crippen molar-refractivity contribution in [1.82, 2.24) is 0 Å². The van der Waals surface area contributed by atoms with Crippen LogP contribution in [-0.4, -0.2) is 18.3 Å². The highest BCUT2D eigenvalue weighted by atomic mass is 80.0. The van der Waals surface area contributed by atoms with Gasteiger partial charge in [-0.2, -0.15) is 0 Å². The van der Waals surface area contributed by atoms with Crippen LogP contribution in [0.25, 0.3) is 0 Å². The third-order valence-corrected chi connectivity index (χ3v) is 9.93. The number of benzene rings is 2. The van der Waals surface area contributed by atoms with Crippen LogP contribution in [0.1, 0.15) is 0 Å². The maximum Gasteiger partial charge on any atom is 0.239 e. The summed E-state index contributed by atoms with van der Waals surface area (Å²) in [5.41, 5.74) is 0. The normalized spacial score (nSPS) is 13.0. The molecule has 0 N–H and O–H groups in total. The van der Waals surface area contributed by atoms with Gasteiger partial charge in [-0.25, -0.2) is 16.8 Å². The predicted molar refractivity (Wildman–Crippen MR) is 95.0 cm³/mol. The van der Waals surface area contributed by atoms with E-state index in [9.17, 15) is 16.8 Å². The second-order valence-electron chi connectivity index (χ2n) is 4.24. The van der Waals surface area contributed by atoms with Crippen LogP contribution < -0.4 is 0 Å². The van der Waals surface area contributed by atoms with Gasteiger partial charge in [0.15, 0.2) is 0 Å². The number of hydrogen-bond donors (Lipinski definition) is 0. The Morgan fingerprint density at radius 3 is 1.50 bits per heavy atom. The van der Waals surface area contributed by atoms with Crippen molar-refractivity contribution in [3.8, 4) is 0 Å². The standard InChI is InChI=1S/C13H9Br3O4S2/c14-13(15,16)22(19,20)12-8-6-11(7-9-12)21(17,18)10-4-2-1-3-5-10/h1-9H. The quantitative estimate of drug-likeness (QED) is 0.558. The lowest BCUT2D eigenvalue weighted by Crippen LogP contribution is -2.17. The molecule has 0 aliphatic carbocycles. The molecule has 0 bridgehead atoms. The smallest absolute Gasteiger partial charge is 0.220 e. The molecule has 9 heteroatoms. The van der Waals surface area contributed by atoms with Gasteiger partial charge >= 0.3 is 0 Å². The van der Waals surface area contributed by atoms with E-state index in [0.29, 0.717) is 0 Å². The Kier molecular flexibility index (Phi) is 5.23. The zero-order valence-corrected chi connectivity index (χ0v) is 17.2. The van der Waals surface area contributed by atoms with Crippen LogP contribution in [-0.2, 0) is 19.7 Å². The minimum atomic E-state index is -3.75. The highest BCUT2D eigenvalue weighted by molar-refractivity contribution is 9.42. The van der Waals surface area contributed by atoms with Crippen molar-refractivity contribution < 1.29 is 16.8 Å². The van der Waals surface area contributed by atoms with Crippen molar-refractivity contribution in [1.29, 1.82) is 0 Å². The van der Waals surface area contributed by atoms with Gasteiger partial charge in [0, 0.05) is 0 Å². The van der Waals surface area contributed by atoms with Crippen LogP contribution in [0.15, 0.2) is 69.3 Å². The molecule has 0 spiro atoms. The largest absolute Gasteiger partial charge is 0.239 e. The van der Waals surface area contributed by atoms with Crippen LogP contribution in [0.3, 0.4) is 0 Å². The third kappa shape index (κ3) is 3.48. The molecule has 0 aliphatic heterocycles. The Balaban J connectivity index is 2.47. The molecule has 0 saturated carbocycles. The number of halogens is 3. The number of rotatable bonds is 3. The van der Waals surface area contributed by atoms with Gasteiger partial charge in [-0.15, -0.1) is 0 Å². The second kappa shape index (κ2) is 6.35. The Morgan fingerprint density at radius 1 is 0.636 bits per heavy atom. The molecule has 0 unspecified atom stereocenters. The molecule has 0 amide bonds. The van der Waals surface area contributed by atoms with E-state index in [1.54, 1.807) is 18.2 Å². The topological polar surface area (TPSA) is 68.3 Å². The Hall–Kier alpha value is -0.220. The average Bonchev–Trinajstić information content (AvgIpc) is 2.47. The molecule has 0 aliphatic rings. The summed E-state index contributed by atoms with van der Waals surface area (Å²) in [6.45, 7) is 0. The maximum absolute atomic E-state index is 12.4. The molecule has 0 atom stereocenters. The Morgan fingerprint density at radius 2 is 1.05 bits per heavy atom. The van der Waals surface area contributed by atoms with E-state index in [0.717, 1.165) is 0 Å². The van der Waals surface area contributed by atoms with Gasteiger partial charge < -0.3 is 0 Å². The van der Waals surface area contributed by atoms with Crippen molar-refractivity contribution in [2.45, 2.75) is 16.2 Å². The molecule has 0 heterocycles. The molecule has 0 fully saturated rings. The lowest BCUT2D eigenvalue weighted by Gasteiger charge is -2.14. The summed E-state index contributed by atoms with van der Waals surface area (Å²) < 4.78 is 47.7. The summed E-state index contributed by atoms with van der Waals surface area (Å²) in [5, 5.41) is 0. The van der Waals surface area contributed by atoms with Gasteiger partial charge in [-0.05, 0) is 84.2 Å². The van der Waals surface area contributed by atoms with Gasteiger partial charge in [-0.3, -0.25) is 0 Å². The van der Waals surface area contributed by atoms with Gasteiger partial charge in [0.2, 0.25) is 21.1 Å². The van der Waals surface area contributed by atoms with Crippen LogP contribution >= 0.6 is 47.8 Å². The SMILES string of the molecule is O=S(=O)(c1ccccc1)c1ccc(S(=O)(=O)C(Br)(Br)Br)cc1. The predicted octanol–water partition coefficient (Wildman–Crippen LogP) is 4.09. The zero-order valence-electron chi connectivity index (χ0n) is 10.8. The highest BCUT2D eigenvalue weighted by Crippen LogP contribution is 2.43. The van der Waals surface area contributed by atoms with E-state index < -0.39 is 21.1 Å². The molecule has 4 nitrogen and oxygen atoms in total. The van der Waals surface area contributed by atoms with Gasteiger partial charge in [0.1, 0.15) is 0 Å². The van der Waals surface area contributed by atoms with E-state index in [-0.39, 0.29) is 14.7 Å². The van der Waals surface area contributed by atoms with Gasteiger partial charge in [0.25, 0.3) is 0 Å². The minimum Gasteiger partial charge on any atom is -0.220 e. The number of alkyl halides is 3. The lowest BCUT2D eigenvalue weighted by molar-refractivity contribution is 0.593. The molecule has 0 saturated heterocycles. The molecule has 2 rings (SSSR count). The summed E-state index contributed by atoms with van der Waals surface area (Å²) >= 11 is 8.88. The maximum atomic E-state index is 12.4. The van der Waals surface area contributed by atoms with Crippen molar-refractivity contribution in [3.63, 3.8) is 0 Å². The lowest BCUT2D eigenvalue weighted by atomic mass is 10.4. The summed E-state index contributed by atoms with van der Waals surface area (Å²) in [5.74, 6) is 0. The molecule has 22 heavy (non-hydrogen) atoms. The molecule has 0 aromatic heterocycles. The van der Waals surface area contributed by atoms with Crippen molar-refractivity contribution in [3.05, 3.63) is 54.6 Å². The van der Waals surface area contributed by atoms with Gasteiger partial charge in [-0.1, -0.05) is 18.2 Å². The third-order valence-electron chi connectivity index (χ3n) is 2.80. The molecule has 2 aromatic rings. The van der Waals surface area contributed by atoms with E-state index in [4.69, 9.17) is 0 Å². The molecule has 118 valence electrons. The second-order valence-corrected chi connectivity index (χ2v) is 16.6. The van der Waals surface area contributed by atoms with E-state index >= 15 is 0 Å². The Bertz CT molecular complexity index is 869. The first-order valence-corrected chi connectivity index (χ1v) is 11.1. The fourth-order valence-electron chi connectivity index (χ4n) is 1.67. The highest BCUT2D eigenvalue weighted by Gasteiger charge is 2.37. The Labute approximate surface area is 154 Å².